The molecule has 2 N–H and O–H groups in total. The van der Waals surface area contributed by atoms with Gasteiger partial charge in [0.2, 0.25) is 0 Å². The molecule has 0 aromatic carbocycles. The molecule has 0 radical (unpaired) electrons. The van der Waals surface area contributed by atoms with Gasteiger partial charge in [-0.05, 0) is 19.9 Å². The van der Waals surface area contributed by atoms with Gasteiger partial charge in [0, 0.05) is 31.7 Å². The molecule has 0 fully saturated rings. The van der Waals surface area contributed by atoms with Gasteiger partial charge in [-0.1, -0.05) is 6.92 Å². The number of anilines is 1. The maximum absolute atomic E-state index is 9.53. The summed E-state index contributed by atoms with van der Waals surface area (Å²) in [5.41, 5.74) is 1.16. The molecular formula is C13H22N4OS. The van der Waals surface area contributed by atoms with Crippen molar-refractivity contribution in [1.29, 1.82) is 0 Å². The fourth-order valence-electron chi connectivity index (χ4n) is 2.16. The Kier molecular flexibility index (Phi) is 4.79. The van der Waals surface area contributed by atoms with Crippen LogP contribution in [0.2, 0.25) is 0 Å². The number of hydrogen-bond donors (Lipinski definition) is 2. The normalized spacial score (nSPS) is 13.1. The first-order valence-corrected chi connectivity index (χ1v) is 7.55. The van der Waals surface area contributed by atoms with E-state index in [1.807, 2.05) is 17.3 Å². The second-order valence-corrected chi connectivity index (χ2v) is 5.72. The highest BCUT2D eigenvalue weighted by Gasteiger charge is 2.17. The van der Waals surface area contributed by atoms with Gasteiger partial charge < -0.3 is 15.3 Å². The zero-order valence-electron chi connectivity index (χ0n) is 11.8. The van der Waals surface area contributed by atoms with Crippen LogP contribution < -0.4 is 10.2 Å². The number of aromatic nitrogens is 2. The molecule has 19 heavy (non-hydrogen) atoms. The molecule has 2 heterocycles. The minimum absolute atomic E-state index is 0.360. The van der Waals surface area contributed by atoms with Crippen molar-refractivity contribution in [2.24, 2.45) is 0 Å². The van der Waals surface area contributed by atoms with Gasteiger partial charge in [0.05, 0.1) is 11.8 Å². The van der Waals surface area contributed by atoms with E-state index in [0.29, 0.717) is 6.54 Å². The second kappa shape index (κ2) is 6.36. The fraction of sp³-hybridized carbons (Fsp3) is 0.615. The van der Waals surface area contributed by atoms with Crippen molar-refractivity contribution in [3.63, 3.8) is 0 Å². The highest BCUT2D eigenvalue weighted by Crippen LogP contribution is 2.24. The zero-order valence-corrected chi connectivity index (χ0v) is 12.6. The lowest BCUT2D eigenvalue weighted by Gasteiger charge is -2.20. The number of nitrogens with zero attached hydrogens (tertiary/aromatic N) is 3. The average Bonchev–Trinajstić information content (AvgIpc) is 2.90. The van der Waals surface area contributed by atoms with Gasteiger partial charge in [-0.15, -0.1) is 11.3 Å². The van der Waals surface area contributed by atoms with Gasteiger partial charge in [0.25, 0.3) is 0 Å². The third kappa shape index (κ3) is 3.26. The van der Waals surface area contributed by atoms with E-state index >= 15 is 0 Å². The molecule has 2 aromatic rings. The summed E-state index contributed by atoms with van der Waals surface area (Å²) < 4.78 is 2.13. The molecule has 0 saturated heterocycles. The maximum atomic E-state index is 9.53. The molecule has 0 aliphatic rings. The Bertz CT molecular complexity index is 520. The summed E-state index contributed by atoms with van der Waals surface area (Å²) >= 11 is 1.63. The SMILES string of the molecule is CCCNCc1c(N(C)CC(C)O)nc2sccn12. The molecule has 1 atom stereocenters. The Morgan fingerprint density at radius 3 is 3.05 bits per heavy atom. The van der Waals surface area contributed by atoms with Gasteiger partial charge in [-0.25, -0.2) is 4.98 Å². The second-order valence-electron chi connectivity index (χ2n) is 4.84. The van der Waals surface area contributed by atoms with E-state index in [0.717, 1.165) is 36.0 Å². The van der Waals surface area contributed by atoms with Crippen molar-refractivity contribution in [2.75, 3.05) is 25.0 Å². The first-order chi connectivity index (χ1) is 9.13. The van der Waals surface area contributed by atoms with E-state index in [-0.39, 0.29) is 6.10 Å². The van der Waals surface area contributed by atoms with E-state index in [9.17, 15) is 5.11 Å². The third-order valence-electron chi connectivity index (χ3n) is 2.96. The third-order valence-corrected chi connectivity index (χ3v) is 3.72. The van der Waals surface area contributed by atoms with Gasteiger partial charge in [0.15, 0.2) is 10.8 Å². The topological polar surface area (TPSA) is 52.8 Å². The largest absolute Gasteiger partial charge is 0.392 e. The monoisotopic (exact) mass is 282 g/mol. The lowest BCUT2D eigenvalue weighted by atomic mass is 10.3. The average molecular weight is 282 g/mol. The summed E-state index contributed by atoms with van der Waals surface area (Å²) in [6, 6.07) is 0. The number of hydrogen-bond acceptors (Lipinski definition) is 5. The van der Waals surface area contributed by atoms with Crippen LogP contribution in [0.1, 0.15) is 26.0 Å². The number of thiazole rings is 1. The smallest absolute Gasteiger partial charge is 0.195 e. The molecule has 0 amide bonds. The standard InChI is InChI=1S/C13H22N4OS/c1-4-5-14-8-11-12(16(3)9-10(2)18)15-13-17(11)6-7-19-13/h6-7,10,14,18H,4-5,8-9H2,1-3H3. The molecule has 0 aliphatic heterocycles. The van der Waals surface area contributed by atoms with Crippen LogP contribution in [-0.4, -0.2) is 40.7 Å². The lowest BCUT2D eigenvalue weighted by molar-refractivity contribution is 0.201. The Labute approximate surface area is 117 Å². The van der Waals surface area contributed by atoms with Crippen LogP contribution in [0.4, 0.5) is 5.82 Å². The number of fused-ring (bicyclic) bond motifs is 1. The minimum Gasteiger partial charge on any atom is -0.392 e. The number of aliphatic hydroxyl groups is 1. The summed E-state index contributed by atoms with van der Waals surface area (Å²) in [6.45, 7) is 6.34. The van der Waals surface area contributed by atoms with Crippen molar-refractivity contribution in [3.05, 3.63) is 17.3 Å². The molecule has 2 rings (SSSR count). The maximum Gasteiger partial charge on any atom is 0.195 e. The number of imidazole rings is 1. The number of nitrogens with one attached hydrogen (secondary N) is 1. The molecule has 5 nitrogen and oxygen atoms in total. The van der Waals surface area contributed by atoms with E-state index in [2.05, 4.69) is 27.8 Å². The van der Waals surface area contributed by atoms with E-state index in [1.165, 1.54) is 0 Å². The number of aliphatic hydroxyl groups excluding tert-OH is 1. The predicted molar refractivity (Wildman–Crippen MR) is 80.0 cm³/mol. The molecule has 6 heteroatoms. The van der Waals surface area contributed by atoms with Crippen molar-refractivity contribution in [1.82, 2.24) is 14.7 Å². The van der Waals surface area contributed by atoms with E-state index in [1.54, 1.807) is 18.3 Å². The molecule has 0 saturated carbocycles. The van der Waals surface area contributed by atoms with Crippen LogP contribution in [0.5, 0.6) is 0 Å². The predicted octanol–water partition coefficient (Wildman–Crippen LogP) is 1.71. The van der Waals surface area contributed by atoms with Crippen molar-refractivity contribution < 1.29 is 5.11 Å². The van der Waals surface area contributed by atoms with Gasteiger partial charge in [-0.3, -0.25) is 4.40 Å². The van der Waals surface area contributed by atoms with Crippen LogP contribution in [0.25, 0.3) is 4.96 Å². The highest BCUT2D eigenvalue weighted by molar-refractivity contribution is 7.15. The Morgan fingerprint density at radius 1 is 1.58 bits per heavy atom. The van der Waals surface area contributed by atoms with Crippen LogP contribution >= 0.6 is 11.3 Å². The first kappa shape index (κ1) is 14.3. The summed E-state index contributed by atoms with van der Waals surface area (Å²) in [6.07, 6.45) is 2.81. The molecule has 0 bridgehead atoms. The van der Waals surface area contributed by atoms with E-state index in [4.69, 9.17) is 0 Å². The lowest BCUT2D eigenvalue weighted by Crippen LogP contribution is -2.28. The highest BCUT2D eigenvalue weighted by atomic mass is 32.1. The van der Waals surface area contributed by atoms with Crippen molar-refractivity contribution in [3.8, 4) is 0 Å². The molecule has 1 unspecified atom stereocenters. The zero-order chi connectivity index (χ0) is 13.8. The van der Waals surface area contributed by atoms with Gasteiger partial charge in [0.1, 0.15) is 0 Å². The van der Waals surface area contributed by atoms with Gasteiger partial charge >= 0.3 is 0 Å². The minimum atomic E-state index is -0.360. The Hall–Kier alpha value is -1.11. The van der Waals surface area contributed by atoms with Crippen molar-refractivity contribution in [2.45, 2.75) is 32.9 Å². The Balaban J connectivity index is 2.25. The molecule has 0 aliphatic carbocycles. The molecule has 106 valence electrons. The molecular weight excluding hydrogens is 260 g/mol. The van der Waals surface area contributed by atoms with Gasteiger partial charge in [-0.2, -0.15) is 0 Å². The number of likely N-dealkylation sites (N-methyl/N-ethyl adjacent to an activating group) is 1. The van der Waals surface area contributed by atoms with Crippen LogP contribution in [0.15, 0.2) is 11.6 Å². The van der Waals surface area contributed by atoms with Crippen molar-refractivity contribution >= 4 is 22.1 Å². The summed E-state index contributed by atoms with van der Waals surface area (Å²) in [5, 5.41) is 15.0. The quantitative estimate of drug-likeness (QED) is 0.759. The first-order valence-electron chi connectivity index (χ1n) is 6.67. The van der Waals surface area contributed by atoms with E-state index < -0.39 is 0 Å². The summed E-state index contributed by atoms with van der Waals surface area (Å²) in [7, 11) is 1.97. The van der Waals surface area contributed by atoms with Crippen LogP contribution in [0, 0.1) is 0 Å². The van der Waals surface area contributed by atoms with Crippen LogP contribution in [0.3, 0.4) is 0 Å². The summed E-state index contributed by atoms with van der Waals surface area (Å²) in [4.78, 5) is 7.68. The van der Waals surface area contributed by atoms with Crippen LogP contribution in [-0.2, 0) is 6.54 Å². The summed E-state index contributed by atoms with van der Waals surface area (Å²) in [5.74, 6) is 0.955. The fourth-order valence-corrected chi connectivity index (χ4v) is 2.89. The number of rotatable bonds is 7. The molecule has 0 spiro atoms. The Morgan fingerprint density at radius 2 is 2.37 bits per heavy atom. The molecule has 2 aromatic heterocycles.